The molecule has 1 saturated heterocycles. The second-order valence-electron chi connectivity index (χ2n) is 18.8. The number of ketones is 1. The minimum Gasteiger partial charge on any atom is -0.453 e. The Labute approximate surface area is 339 Å². The van der Waals surface area contributed by atoms with Crippen molar-refractivity contribution in [3.63, 3.8) is 0 Å². The van der Waals surface area contributed by atoms with Crippen molar-refractivity contribution < 1.29 is 32.6 Å². The number of piperidine rings is 1. The minimum atomic E-state index is -4.58. The van der Waals surface area contributed by atoms with Gasteiger partial charge in [0.15, 0.2) is 5.76 Å². The lowest BCUT2D eigenvalue weighted by Gasteiger charge is -2.71. The zero-order valence-corrected chi connectivity index (χ0v) is 33.5. The van der Waals surface area contributed by atoms with Crippen molar-refractivity contribution in [3.8, 4) is 11.3 Å². The Morgan fingerprint density at radius 2 is 1.67 bits per heavy atom. The Hall–Kier alpha value is -3.90. The number of Topliss-reactive ketones (excluding diaryl/α,β-unsaturated/α-hetero) is 1. The molecule has 1 unspecified atom stereocenters. The number of aromatic nitrogens is 2. The van der Waals surface area contributed by atoms with Crippen LogP contribution in [-0.4, -0.2) is 61.8 Å². The Morgan fingerprint density at radius 1 is 0.948 bits per heavy atom. The Bertz CT molecular complexity index is 2460. The SMILES string of the molecule is C[C@]12CC[C@H]3[C@]4(C=C[C@@]5(C=C4C(=O)c4ccc(-c6cc(C(F)(F)F)ccc6Cl)o4)CC(O)CC[C@]35C)[C@@H]1CC[C@@]2(O)CN1CCC(n2c(=O)[nH]c3ccccc32)CC1. The Balaban J connectivity index is 0.977. The first-order valence-electron chi connectivity index (χ1n) is 20.8. The third kappa shape index (κ3) is 5.24. The second-order valence-corrected chi connectivity index (χ2v) is 19.2. The van der Waals surface area contributed by atoms with Crippen LogP contribution in [0, 0.1) is 33.5 Å². The number of aliphatic hydroxyl groups is 2. The fourth-order valence-corrected chi connectivity index (χ4v) is 13.6. The van der Waals surface area contributed by atoms with Crippen molar-refractivity contribution in [2.75, 3.05) is 19.6 Å². The van der Waals surface area contributed by atoms with E-state index >= 15 is 4.79 Å². The summed E-state index contributed by atoms with van der Waals surface area (Å²) in [6.07, 6.45) is 7.97. The summed E-state index contributed by atoms with van der Waals surface area (Å²) >= 11 is 6.40. The minimum absolute atomic E-state index is 0.0241. The normalized spacial score (nSPS) is 36.1. The van der Waals surface area contributed by atoms with Crippen LogP contribution in [0.15, 0.2) is 87.6 Å². The smallest absolute Gasteiger partial charge is 0.416 e. The molecule has 8 nitrogen and oxygen atoms in total. The molecule has 11 rings (SSSR count). The number of imidazole rings is 1. The van der Waals surface area contributed by atoms with Gasteiger partial charge >= 0.3 is 11.9 Å². The van der Waals surface area contributed by atoms with E-state index in [1.807, 2.05) is 28.8 Å². The third-order valence-electron chi connectivity index (χ3n) is 16.4. The maximum atomic E-state index is 15.1. The number of aliphatic hydroxyl groups excluding tert-OH is 1. The van der Waals surface area contributed by atoms with Gasteiger partial charge < -0.3 is 24.5 Å². The first-order valence-corrected chi connectivity index (χ1v) is 21.2. The molecular weight excluding hydrogens is 767 g/mol. The fourth-order valence-electron chi connectivity index (χ4n) is 13.4. The van der Waals surface area contributed by atoms with Crippen LogP contribution in [0.1, 0.15) is 93.8 Å². The van der Waals surface area contributed by atoms with Gasteiger partial charge in [-0.2, -0.15) is 13.2 Å². The average molecular weight is 816 g/mol. The van der Waals surface area contributed by atoms with Gasteiger partial charge in [-0.1, -0.05) is 55.8 Å². The summed E-state index contributed by atoms with van der Waals surface area (Å²) in [4.78, 5) is 33.4. The molecule has 4 fully saturated rings. The lowest BCUT2D eigenvalue weighted by atomic mass is 9.32. The summed E-state index contributed by atoms with van der Waals surface area (Å²) in [6.45, 7) is 6.54. The molecule has 306 valence electrons. The average Bonchev–Trinajstić information content (AvgIpc) is 3.88. The van der Waals surface area contributed by atoms with Gasteiger partial charge in [-0.3, -0.25) is 9.36 Å². The van der Waals surface area contributed by atoms with E-state index in [1.165, 1.54) is 18.2 Å². The highest BCUT2D eigenvalue weighted by Gasteiger charge is 2.74. The predicted molar refractivity (Wildman–Crippen MR) is 214 cm³/mol. The number of furan rings is 1. The highest BCUT2D eigenvalue weighted by Crippen LogP contribution is 2.78. The molecule has 2 spiro atoms. The van der Waals surface area contributed by atoms with Gasteiger partial charge in [0.1, 0.15) is 5.76 Å². The number of halogens is 4. The molecule has 12 heteroatoms. The van der Waals surface area contributed by atoms with Gasteiger partial charge in [-0.25, -0.2) is 4.79 Å². The molecule has 6 aliphatic carbocycles. The quantitative estimate of drug-likeness (QED) is 0.132. The highest BCUT2D eigenvalue weighted by atomic mass is 35.5. The largest absolute Gasteiger partial charge is 0.453 e. The number of hydrogen-bond donors (Lipinski definition) is 3. The van der Waals surface area contributed by atoms with E-state index in [1.54, 1.807) is 0 Å². The molecule has 3 saturated carbocycles. The van der Waals surface area contributed by atoms with Gasteiger partial charge in [0.05, 0.1) is 33.3 Å². The van der Waals surface area contributed by atoms with Gasteiger partial charge in [-0.15, -0.1) is 0 Å². The number of nitrogens with zero attached hydrogens (tertiary/aromatic N) is 2. The van der Waals surface area contributed by atoms with Gasteiger partial charge in [-0.05, 0) is 118 Å². The van der Waals surface area contributed by atoms with E-state index in [-0.39, 0.29) is 56.9 Å². The number of benzene rings is 2. The summed E-state index contributed by atoms with van der Waals surface area (Å²) in [5.74, 6) is -0.231. The summed E-state index contributed by atoms with van der Waals surface area (Å²) in [5.41, 5.74) is -1.64. The maximum Gasteiger partial charge on any atom is 0.416 e. The molecule has 2 aromatic carbocycles. The Morgan fingerprint density at radius 3 is 2.45 bits per heavy atom. The number of carbonyl (C=O) groups is 1. The number of nitrogens with one attached hydrogen (secondary N) is 1. The maximum absolute atomic E-state index is 15.1. The number of H-pyrrole nitrogens is 1. The molecule has 1 aliphatic heterocycles. The first-order chi connectivity index (χ1) is 27.5. The number of fused-ring (bicyclic) bond motifs is 2. The molecule has 4 aromatic rings. The van der Waals surface area contributed by atoms with E-state index in [2.05, 4.69) is 42.0 Å². The van der Waals surface area contributed by atoms with Crippen LogP contribution in [0.25, 0.3) is 22.4 Å². The zero-order valence-electron chi connectivity index (χ0n) is 32.7. The molecule has 3 N–H and O–H groups in total. The molecule has 2 bridgehead atoms. The first kappa shape index (κ1) is 38.3. The van der Waals surface area contributed by atoms with Crippen LogP contribution in [0.5, 0.6) is 0 Å². The molecule has 0 radical (unpaired) electrons. The number of rotatable bonds is 6. The molecule has 7 aliphatic rings. The zero-order chi connectivity index (χ0) is 40.6. The van der Waals surface area contributed by atoms with Gasteiger partial charge in [0, 0.05) is 53.1 Å². The van der Waals surface area contributed by atoms with Crippen molar-refractivity contribution in [3.05, 3.63) is 105 Å². The lowest BCUT2D eigenvalue weighted by molar-refractivity contribution is -0.176. The molecule has 8 atom stereocenters. The number of allylic oxidation sites excluding steroid dienone is 4. The van der Waals surface area contributed by atoms with Crippen molar-refractivity contribution in [2.45, 2.75) is 95.6 Å². The fraction of sp³-hybridized carbons (Fsp3) is 0.522. The number of carbonyl (C=O) groups excluding carboxylic acids is 1. The van der Waals surface area contributed by atoms with E-state index in [0.29, 0.717) is 37.8 Å². The number of hydrogen-bond acceptors (Lipinski definition) is 6. The van der Waals surface area contributed by atoms with E-state index in [0.717, 1.165) is 68.4 Å². The standard InChI is InChI=1S/C46H49ClF3N3O5/c1-41-16-11-29(54)24-43(41)19-20-45(31(25-43)39(55)36-10-9-35(58-36)30-23-27(46(48,49)50)7-8-32(30)47)37(41)12-17-42(2)38(45)13-18-44(42,57)26-52-21-14-28(15-22-52)53-34-6-4-3-5-33(34)51-40(53)56/h3-10,19-20,23,25,28-29,37-38,54,57H,11-18,21-22,24,26H2,1-2H3,(H,51,56)/t29?,37-,38-,41-,42+,43+,44-,45-/m1/s1. The summed E-state index contributed by atoms with van der Waals surface area (Å²) < 4.78 is 49.1. The summed E-state index contributed by atoms with van der Waals surface area (Å²) in [5, 5.41) is 24.1. The number of para-hydroxylation sites is 2. The topological polar surface area (TPSA) is 112 Å². The monoisotopic (exact) mass is 815 g/mol. The Kier molecular flexibility index (Phi) is 8.46. The van der Waals surface area contributed by atoms with Crippen molar-refractivity contribution in [2.24, 2.45) is 33.5 Å². The van der Waals surface area contributed by atoms with Crippen LogP contribution in [0.3, 0.4) is 0 Å². The van der Waals surface area contributed by atoms with E-state index in [9.17, 15) is 28.2 Å². The molecular formula is C46H49ClF3N3O5. The van der Waals surface area contributed by atoms with Crippen LogP contribution < -0.4 is 5.69 Å². The third-order valence-corrected chi connectivity index (χ3v) is 16.7. The van der Waals surface area contributed by atoms with Gasteiger partial charge in [0.2, 0.25) is 5.78 Å². The van der Waals surface area contributed by atoms with Crippen molar-refractivity contribution in [1.82, 2.24) is 14.5 Å². The number of aromatic amines is 1. The van der Waals surface area contributed by atoms with E-state index < -0.39 is 39.7 Å². The highest BCUT2D eigenvalue weighted by molar-refractivity contribution is 6.33. The van der Waals surface area contributed by atoms with Gasteiger partial charge in [0.25, 0.3) is 0 Å². The number of likely N-dealkylation sites (tertiary alicyclic amines) is 1. The van der Waals surface area contributed by atoms with Crippen LogP contribution >= 0.6 is 11.6 Å². The molecule has 58 heavy (non-hydrogen) atoms. The molecule has 2 aromatic heterocycles. The van der Waals surface area contributed by atoms with E-state index in [4.69, 9.17) is 16.0 Å². The van der Waals surface area contributed by atoms with Crippen LogP contribution in [0.4, 0.5) is 13.2 Å². The predicted octanol–water partition coefficient (Wildman–Crippen LogP) is 9.37. The van der Waals surface area contributed by atoms with Crippen LogP contribution in [0.2, 0.25) is 5.02 Å². The second kappa shape index (κ2) is 12.8. The lowest BCUT2D eigenvalue weighted by Crippen LogP contribution is -2.67. The van der Waals surface area contributed by atoms with Crippen molar-refractivity contribution >= 4 is 28.4 Å². The molecule has 3 heterocycles. The summed E-state index contributed by atoms with van der Waals surface area (Å²) in [6, 6.07) is 13.9. The number of β-amino-alcohol motifs (C(OH)–C–C–N with tert-alkyl or cyclic N) is 1. The number of alkyl halides is 3. The summed E-state index contributed by atoms with van der Waals surface area (Å²) in [7, 11) is 0. The van der Waals surface area contributed by atoms with Crippen LogP contribution in [-0.2, 0) is 6.18 Å². The van der Waals surface area contributed by atoms with Crippen molar-refractivity contribution in [1.29, 1.82) is 0 Å². The molecule has 0 amide bonds.